The SMILES string of the molecule is Cl.O=C(CCCN1CCC(NC(=O)c2ccccc2)CC1)c1ccc(Cl)cc1. The molecule has 1 N–H and O–H groups in total. The zero-order valence-electron chi connectivity index (χ0n) is 15.8. The van der Waals surface area contributed by atoms with Crippen LogP contribution in [0, 0.1) is 0 Å². The molecule has 2 aromatic rings. The largest absolute Gasteiger partial charge is 0.349 e. The van der Waals surface area contributed by atoms with E-state index in [9.17, 15) is 9.59 Å². The number of hydrogen-bond acceptors (Lipinski definition) is 3. The number of ketones is 1. The van der Waals surface area contributed by atoms with Crippen molar-refractivity contribution in [3.63, 3.8) is 0 Å². The molecule has 1 heterocycles. The summed E-state index contributed by atoms with van der Waals surface area (Å²) in [6.45, 7) is 2.82. The second-order valence-electron chi connectivity index (χ2n) is 6.99. The predicted molar refractivity (Wildman–Crippen MR) is 116 cm³/mol. The summed E-state index contributed by atoms with van der Waals surface area (Å²) in [5, 5.41) is 3.77. The maximum atomic E-state index is 12.2. The maximum absolute atomic E-state index is 12.2. The van der Waals surface area contributed by atoms with Crippen molar-refractivity contribution in [1.82, 2.24) is 10.2 Å². The number of nitrogens with one attached hydrogen (secondary N) is 1. The zero-order valence-corrected chi connectivity index (χ0v) is 17.3. The molecule has 28 heavy (non-hydrogen) atoms. The van der Waals surface area contributed by atoms with Gasteiger partial charge in [0, 0.05) is 41.7 Å². The highest BCUT2D eigenvalue weighted by atomic mass is 35.5. The van der Waals surface area contributed by atoms with Gasteiger partial charge in [0.25, 0.3) is 5.91 Å². The summed E-state index contributed by atoms with van der Waals surface area (Å²) in [6.07, 6.45) is 3.29. The minimum Gasteiger partial charge on any atom is -0.349 e. The molecule has 0 unspecified atom stereocenters. The summed E-state index contributed by atoms with van der Waals surface area (Å²) < 4.78 is 0. The number of piperidine rings is 1. The summed E-state index contributed by atoms with van der Waals surface area (Å²) in [5.41, 5.74) is 1.43. The van der Waals surface area contributed by atoms with Gasteiger partial charge in [0.15, 0.2) is 5.78 Å². The van der Waals surface area contributed by atoms with Gasteiger partial charge >= 0.3 is 0 Å². The van der Waals surface area contributed by atoms with Crippen LogP contribution in [-0.4, -0.2) is 42.3 Å². The highest BCUT2D eigenvalue weighted by molar-refractivity contribution is 6.30. The summed E-state index contributed by atoms with van der Waals surface area (Å²) in [7, 11) is 0. The first-order valence-corrected chi connectivity index (χ1v) is 9.86. The first kappa shape index (κ1) is 22.4. The fraction of sp³-hybridized carbons (Fsp3) is 0.364. The predicted octanol–water partition coefficient (Wildman–Crippen LogP) is 4.62. The number of carbonyl (C=O) groups is 2. The van der Waals surface area contributed by atoms with E-state index < -0.39 is 0 Å². The summed E-state index contributed by atoms with van der Waals surface area (Å²) in [5.74, 6) is 0.166. The van der Waals surface area contributed by atoms with Crippen molar-refractivity contribution in [2.24, 2.45) is 0 Å². The third kappa shape index (κ3) is 6.62. The molecule has 1 saturated heterocycles. The van der Waals surface area contributed by atoms with E-state index in [0.29, 0.717) is 17.0 Å². The number of hydrogen-bond donors (Lipinski definition) is 1. The number of amides is 1. The number of likely N-dealkylation sites (tertiary alicyclic amines) is 1. The maximum Gasteiger partial charge on any atom is 0.251 e. The van der Waals surface area contributed by atoms with E-state index in [4.69, 9.17) is 11.6 Å². The molecule has 0 aliphatic carbocycles. The van der Waals surface area contributed by atoms with Crippen LogP contribution >= 0.6 is 24.0 Å². The Morgan fingerprint density at radius 3 is 2.25 bits per heavy atom. The Morgan fingerprint density at radius 1 is 0.964 bits per heavy atom. The van der Waals surface area contributed by atoms with Crippen LogP contribution in [-0.2, 0) is 0 Å². The zero-order chi connectivity index (χ0) is 19.1. The van der Waals surface area contributed by atoms with E-state index >= 15 is 0 Å². The number of halogens is 2. The molecule has 1 aliphatic rings. The van der Waals surface area contributed by atoms with Crippen molar-refractivity contribution in [3.05, 3.63) is 70.7 Å². The lowest BCUT2D eigenvalue weighted by atomic mass is 10.0. The Balaban J connectivity index is 0.00000280. The molecule has 6 heteroatoms. The van der Waals surface area contributed by atoms with Crippen molar-refractivity contribution in [2.75, 3.05) is 19.6 Å². The molecule has 150 valence electrons. The van der Waals surface area contributed by atoms with Crippen molar-refractivity contribution in [3.8, 4) is 0 Å². The molecule has 0 atom stereocenters. The second-order valence-corrected chi connectivity index (χ2v) is 7.43. The standard InChI is InChI=1S/C22H25ClN2O2.ClH/c23-19-10-8-17(9-11-19)21(26)7-4-14-25-15-12-20(13-16-25)24-22(27)18-5-2-1-3-6-18;/h1-3,5-6,8-11,20H,4,7,12-16H2,(H,24,27);1H. The monoisotopic (exact) mass is 420 g/mol. The van der Waals surface area contributed by atoms with E-state index in [1.54, 1.807) is 24.3 Å². The van der Waals surface area contributed by atoms with E-state index in [0.717, 1.165) is 44.5 Å². The van der Waals surface area contributed by atoms with Crippen LogP contribution in [0.15, 0.2) is 54.6 Å². The Morgan fingerprint density at radius 2 is 1.61 bits per heavy atom. The van der Waals surface area contributed by atoms with Crippen molar-refractivity contribution >= 4 is 35.7 Å². The van der Waals surface area contributed by atoms with Crippen LogP contribution < -0.4 is 5.32 Å². The Labute approximate surface area is 177 Å². The third-order valence-corrected chi connectivity index (χ3v) is 5.26. The molecule has 4 nitrogen and oxygen atoms in total. The van der Waals surface area contributed by atoms with E-state index in [1.807, 2.05) is 30.3 Å². The van der Waals surface area contributed by atoms with Crippen LogP contribution in [0.4, 0.5) is 0 Å². The molecule has 3 rings (SSSR count). The molecular weight excluding hydrogens is 395 g/mol. The fourth-order valence-electron chi connectivity index (χ4n) is 3.40. The lowest BCUT2D eigenvalue weighted by Crippen LogP contribution is -2.44. The quantitative estimate of drug-likeness (QED) is 0.664. The van der Waals surface area contributed by atoms with Gasteiger partial charge in [0.2, 0.25) is 0 Å². The number of carbonyl (C=O) groups excluding carboxylic acids is 2. The molecule has 0 spiro atoms. The van der Waals surface area contributed by atoms with E-state index in [1.165, 1.54) is 0 Å². The van der Waals surface area contributed by atoms with Crippen LogP contribution in [0.5, 0.6) is 0 Å². The van der Waals surface area contributed by atoms with E-state index in [-0.39, 0.29) is 30.1 Å². The first-order chi connectivity index (χ1) is 13.1. The third-order valence-electron chi connectivity index (χ3n) is 5.00. The molecule has 1 fully saturated rings. The molecule has 2 aromatic carbocycles. The topological polar surface area (TPSA) is 49.4 Å². The van der Waals surface area contributed by atoms with Crippen molar-refractivity contribution in [1.29, 1.82) is 0 Å². The molecule has 0 aromatic heterocycles. The lowest BCUT2D eigenvalue weighted by molar-refractivity contribution is 0.0903. The summed E-state index contributed by atoms with van der Waals surface area (Å²) in [4.78, 5) is 26.8. The molecular formula is C22H26Cl2N2O2. The number of nitrogens with zero attached hydrogens (tertiary/aromatic N) is 1. The van der Waals surface area contributed by atoms with Crippen LogP contribution in [0.3, 0.4) is 0 Å². The second kappa shape index (κ2) is 11.2. The average Bonchev–Trinajstić information content (AvgIpc) is 2.70. The smallest absolute Gasteiger partial charge is 0.251 e. The molecule has 0 radical (unpaired) electrons. The van der Waals surface area contributed by atoms with Gasteiger partial charge in [-0.2, -0.15) is 0 Å². The minimum absolute atomic E-state index is 0. The van der Waals surface area contributed by atoms with Gasteiger partial charge in [-0.15, -0.1) is 12.4 Å². The van der Waals surface area contributed by atoms with Crippen molar-refractivity contribution in [2.45, 2.75) is 31.7 Å². The van der Waals surface area contributed by atoms with Gasteiger partial charge in [-0.25, -0.2) is 0 Å². The Bertz CT molecular complexity index is 758. The van der Waals surface area contributed by atoms with Crippen LogP contribution in [0.25, 0.3) is 0 Å². The van der Waals surface area contributed by atoms with Gasteiger partial charge in [-0.3, -0.25) is 9.59 Å². The van der Waals surface area contributed by atoms with Crippen LogP contribution in [0.1, 0.15) is 46.4 Å². The van der Waals surface area contributed by atoms with Gasteiger partial charge in [-0.05, 0) is 62.2 Å². The minimum atomic E-state index is 0. The highest BCUT2D eigenvalue weighted by Crippen LogP contribution is 2.14. The van der Waals surface area contributed by atoms with E-state index in [2.05, 4.69) is 10.2 Å². The molecule has 0 bridgehead atoms. The normalized spacial score (nSPS) is 14.9. The number of benzene rings is 2. The molecule has 0 saturated carbocycles. The van der Waals surface area contributed by atoms with Gasteiger partial charge < -0.3 is 10.2 Å². The Kier molecular flexibility index (Phi) is 8.97. The average molecular weight is 421 g/mol. The Hall–Kier alpha value is -1.88. The van der Waals surface area contributed by atoms with Gasteiger partial charge in [0.1, 0.15) is 0 Å². The lowest BCUT2D eigenvalue weighted by Gasteiger charge is -2.32. The van der Waals surface area contributed by atoms with Crippen molar-refractivity contribution < 1.29 is 9.59 Å². The summed E-state index contributed by atoms with van der Waals surface area (Å²) >= 11 is 5.86. The molecule has 1 aliphatic heterocycles. The molecule has 1 amide bonds. The summed E-state index contributed by atoms with van der Waals surface area (Å²) in [6, 6.07) is 16.6. The fourth-order valence-corrected chi connectivity index (χ4v) is 3.53. The number of rotatable bonds is 7. The highest BCUT2D eigenvalue weighted by Gasteiger charge is 2.21. The van der Waals surface area contributed by atoms with Crippen LogP contribution in [0.2, 0.25) is 5.02 Å². The van der Waals surface area contributed by atoms with Gasteiger partial charge in [0.05, 0.1) is 0 Å². The first-order valence-electron chi connectivity index (χ1n) is 9.49. The van der Waals surface area contributed by atoms with Gasteiger partial charge in [-0.1, -0.05) is 29.8 Å². The number of Topliss-reactive ketones (excluding diaryl/α,β-unsaturated/α-hetero) is 1.